The Morgan fingerprint density at radius 2 is 2.36 bits per heavy atom. The number of aliphatic imine (C=N–C) groups is 1. The van der Waals surface area contributed by atoms with Crippen LogP contribution in [0.25, 0.3) is 0 Å². The number of benzene rings is 1. The molecule has 0 aliphatic carbocycles. The molecular weight excluding hydrogens is 284 g/mol. The van der Waals surface area contributed by atoms with Crippen LogP contribution in [0.15, 0.2) is 29.3 Å². The third-order valence-electron chi connectivity index (χ3n) is 4.23. The third-order valence-corrected chi connectivity index (χ3v) is 4.23. The van der Waals surface area contributed by atoms with Crippen molar-refractivity contribution in [3.63, 3.8) is 0 Å². The Morgan fingerprint density at radius 1 is 1.50 bits per heavy atom. The van der Waals surface area contributed by atoms with E-state index in [0.717, 1.165) is 24.8 Å². The van der Waals surface area contributed by atoms with E-state index < -0.39 is 0 Å². The van der Waals surface area contributed by atoms with Crippen molar-refractivity contribution in [1.29, 1.82) is 0 Å². The molecule has 0 radical (unpaired) electrons. The average molecular weight is 304 g/mol. The van der Waals surface area contributed by atoms with Crippen molar-refractivity contribution in [1.82, 2.24) is 10.6 Å². The average Bonchev–Trinajstić information content (AvgIpc) is 3.14. The molecular formula is C15H20N4O3. The third kappa shape index (κ3) is 3.19. The Hall–Kier alpha value is -2.15. The fourth-order valence-electron chi connectivity index (χ4n) is 3.13. The molecule has 2 saturated heterocycles. The van der Waals surface area contributed by atoms with E-state index in [1.54, 1.807) is 19.2 Å². The zero-order valence-electron chi connectivity index (χ0n) is 12.5. The van der Waals surface area contributed by atoms with Crippen LogP contribution >= 0.6 is 0 Å². The molecule has 3 rings (SSSR count). The number of ether oxygens (including phenoxy) is 1. The molecule has 2 bridgehead atoms. The van der Waals surface area contributed by atoms with Gasteiger partial charge in [0.05, 0.1) is 23.2 Å². The Morgan fingerprint density at radius 3 is 3.00 bits per heavy atom. The van der Waals surface area contributed by atoms with Crippen LogP contribution in [-0.2, 0) is 11.3 Å². The molecule has 2 aliphatic heterocycles. The van der Waals surface area contributed by atoms with Gasteiger partial charge in [0.2, 0.25) is 0 Å². The quantitative estimate of drug-likeness (QED) is 0.381. The summed E-state index contributed by atoms with van der Waals surface area (Å²) < 4.78 is 5.81. The first-order chi connectivity index (χ1) is 10.7. The number of nitro groups is 1. The zero-order chi connectivity index (χ0) is 15.5. The van der Waals surface area contributed by atoms with Crippen LogP contribution in [0.4, 0.5) is 5.69 Å². The number of nitrogens with zero attached hydrogens (tertiary/aromatic N) is 2. The standard InChI is InChI=1S/C15H20N4O3/c1-16-15(18-13-8-12-5-6-14(13)22-12)17-9-10-3-2-4-11(7-10)19(20)21/h2-4,7,12-14H,5-6,8-9H2,1H3,(H2,16,17,18). The van der Waals surface area contributed by atoms with E-state index in [0.29, 0.717) is 24.7 Å². The van der Waals surface area contributed by atoms with E-state index in [9.17, 15) is 10.1 Å². The molecule has 3 atom stereocenters. The lowest BCUT2D eigenvalue weighted by Crippen LogP contribution is -2.47. The molecule has 0 saturated carbocycles. The van der Waals surface area contributed by atoms with Gasteiger partial charge < -0.3 is 15.4 Å². The predicted octanol–water partition coefficient (Wildman–Crippen LogP) is 1.58. The summed E-state index contributed by atoms with van der Waals surface area (Å²) in [5.41, 5.74) is 0.949. The van der Waals surface area contributed by atoms with Gasteiger partial charge in [-0.25, -0.2) is 0 Å². The summed E-state index contributed by atoms with van der Waals surface area (Å²) in [5.74, 6) is 0.702. The first-order valence-electron chi connectivity index (χ1n) is 7.51. The highest BCUT2D eigenvalue weighted by Crippen LogP contribution is 2.34. The summed E-state index contributed by atoms with van der Waals surface area (Å²) in [4.78, 5) is 14.6. The molecule has 1 aromatic rings. The number of nitro benzene ring substituents is 1. The molecule has 118 valence electrons. The van der Waals surface area contributed by atoms with Gasteiger partial charge in [-0.15, -0.1) is 0 Å². The molecule has 7 heteroatoms. The maximum absolute atomic E-state index is 10.8. The van der Waals surface area contributed by atoms with Gasteiger partial charge in [0.1, 0.15) is 0 Å². The maximum Gasteiger partial charge on any atom is 0.269 e. The van der Waals surface area contributed by atoms with E-state index in [2.05, 4.69) is 15.6 Å². The van der Waals surface area contributed by atoms with Crippen LogP contribution in [-0.4, -0.2) is 36.2 Å². The van der Waals surface area contributed by atoms with Crippen molar-refractivity contribution in [2.24, 2.45) is 4.99 Å². The molecule has 0 spiro atoms. The van der Waals surface area contributed by atoms with Crippen LogP contribution in [0.1, 0.15) is 24.8 Å². The van der Waals surface area contributed by atoms with Gasteiger partial charge in [-0.2, -0.15) is 0 Å². The van der Waals surface area contributed by atoms with Gasteiger partial charge in [0, 0.05) is 25.7 Å². The molecule has 22 heavy (non-hydrogen) atoms. The summed E-state index contributed by atoms with van der Waals surface area (Å²) in [6.45, 7) is 0.489. The fourth-order valence-corrected chi connectivity index (χ4v) is 3.13. The number of non-ortho nitro benzene ring substituents is 1. The summed E-state index contributed by atoms with van der Waals surface area (Å²) in [6.07, 6.45) is 3.94. The Balaban J connectivity index is 1.55. The largest absolute Gasteiger partial charge is 0.373 e. The van der Waals surface area contributed by atoms with E-state index in [1.807, 2.05) is 6.07 Å². The van der Waals surface area contributed by atoms with Gasteiger partial charge in [-0.05, 0) is 24.8 Å². The van der Waals surface area contributed by atoms with Gasteiger partial charge in [0.15, 0.2) is 5.96 Å². The highest BCUT2D eigenvalue weighted by atomic mass is 16.6. The molecule has 0 amide bonds. The molecule has 7 nitrogen and oxygen atoms in total. The number of hydrogen-bond donors (Lipinski definition) is 2. The highest BCUT2D eigenvalue weighted by Gasteiger charge is 2.41. The minimum absolute atomic E-state index is 0.101. The van der Waals surface area contributed by atoms with E-state index in [4.69, 9.17) is 4.74 Å². The van der Waals surface area contributed by atoms with Crippen molar-refractivity contribution in [2.75, 3.05) is 7.05 Å². The predicted molar refractivity (Wildman–Crippen MR) is 82.7 cm³/mol. The zero-order valence-corrected chi connectivity index (χ0v) is 12.5. The van der Waals surface area contributed by atoms with Crippen LogP contribution in [0.5, 0.6) is 0 Å². The smallest absolute Gasteiger partial charge is 0.269 e. The second-order valence-electron chi connectivity index (χ2n) is 5.71. The topological polar surface area (TPSA) is 88.8 Å². The summed E-state index contributed by atoms with van der Waals surface area (Å²) in [6, 6.07) is 6.91. The van der Waals surface area contributed by atoms with Gasteiger partial charge in [0.25, 0.3) is 5.69 Å². The highest BCUT2D eigenvalue weighted by molar-refractivity contribution is 5.80. The van der Waals surface area contributed by atoms with Crippen molar-refractivity contribution < 1.29 is 9.66 Å². The van der Waals surface area contributed by atoms with Gasteiger partial charge in [-0.1, -0.05) is 12.1 Å². The van der Waals surface area contributed by atoms with Crippen LogP contribution in [0.3, 0.4) is 0 Å². The van der Waals surface area contributed by atoms with E-state index >= 15 is 0 Å². The summed E-state index contributed by atoms with van der Waals surface area (Å²) >= 11 is 0. The van der Waals surface area contributed by atoms with Crippen molar-refractivity contribution >= 4 is 11.6 Å². The molecule has 2 heterocycles. The van der Waals surface area contributed by atoms with Crippen molar-refractivity contribution in [3.05, 3.63) is 39.9 Å². The minimum atomic E-state index is -0.386. The van der Waals surface area contributed by atoms with Crippen LogP contribution in [0.2, 0.25) is 0 Å². The first-order valence-corrected chi connectivity index (χ1v) is 7.51. The monoisotopic (exact) mass is 304 g/mol. The Kier molecular flexibility index (Phi) is 4.24. The number of hydrogen-bond acceptors (Lipinski definition) is 4. The lowest BCUT2D eigenvalue weighted by Gasteiger charge is -2.22. The molecule has 2 fully saturated rings. The fraction of sp³-hybridized carbons (Fsp3) is 0.533. The summed E-state index contributed by atoms with van der Waals surface area (Å²) in [7, 11) is 1.72. The Labute approximate surface area is 128 Å². The number of guanidine groups is 1. The first kappa shape index (κ1) is 14.8. The number of rotatable bonds is 4. The molecule has 2 aliphatic rings. The van der Waals surface area contributed by atoms with Crippen molar-refractivity contribution in [2.45, 2.75) is 44.1 Å². The lowest BCUT2D eigenvalue weighted by atomic mass is 9.96. The van der Waals surface area contributed by atoms with E-state index in [1.165, 1.54) is 6.07 Å². The van der Waals surface area contributed by atoms with Gasteiger partial charge in [-0.3, -0.25) is 15.1 Å². The van der Waals surface area contributed by atoms with Crippen LogP contribution < -0.4 is 10.6 Å². The van der Waals surface area contributed by atoms with Crippen molar-refractivity contribution in [3.8, 4) is 0 Å². The molecule has 2 N–H and O–H groups in total. The van der Waals surface area contributed by atoms with E-state index in [-0.39, 0.29) is 16.7 Å². The van der Waals surface area contributed by atoms with Crippen LogP contribution in [0, 0.1) is 10.1 Å². The molecule has 3 unspecified atom stereocenters. The second-order valence-corrected chi connectivity index (χ2v) is 5.71. The number of nitrogens with one attached hydrogen (secondary N) is 2. The van der Waals surface area contributed by atoms with Gasteiger partial charge >= 0.3 is 0 Å². The molecule has 1 aromatic carbocycles. The SMILES string of the molecule is CN=C(NCc1cccc([N+](=O)[O-])c1)NC1CC2CCC1O2. The molecule has 0 aromatic heterocycles. The summed E-state index contributed by atoms with van der Waals surface area (Å²) in [5, 5.41) is 17.4. The minimum Gasteiger partial charge on any atom is -0.373 e. The lowest BCUT2D eigenvalue weighted by molar-refractivity contribution is -0.384. The maximum atomic E-state index is 10.8. The second kappa shape index (κ2) is 6.31. The number of fused-ring (bicyclic) bond motifs is 2. The Bertz CT molecular complexity index is 590. The normalized spacial score (nSPS) is 27.0.